The van der Waals surface area contributed by atoms with Crippen molar-refractivity contribution in [1.82, 2.24) is 0 Å². The van der Waals surface area contributed by atoms with E-state index in [1.54, 1.807) is 0 Å². The van der Waals surface area contributed by atoms with Gasteiger partial charge >= 0.3 is 0 Å². The summed E-state index contributed by atoms with van der Waals surface area (Å²) in [6.07, 6.45) is 0. The van der Waals surface area contributed by atoms with Crippen LogP contribution in [0.1, 0.15) is 22.3 Å². The second-order valence-electron chi connectivity index (χ2n) is 17.3. The van der Waals surface area contributed by atoms with Gasteiger partial charge in [0.15, 0.2) is 0 Å². The van der Waals surface area contributed by atoms with Gasteiger partial charge in [-0.2, -0.15) is 0 Å². The minimum atomic E-state index is 1.16. The molecule has 0 bridgehead atoms. The maximum atomic E-state index is 2.52. The van der Waals surface area contributed by atoms with E-state index in [2.05, 4.69) is 232 Å². The number of hydrogen-bond acceptors (Lipinski definition) is 2. The Morgan fingerprint density at radius 2 is 0.581 bits per heavy atom. The van der Waals surface area contributed by atoms with E-state index in [4.69, 9.17) is 0 Å². The van der Waals surface area contributed by atoms with E-state index in [1.165, 1.54) is 109 Å². The summed E-state index contributed by atoms with van der Waals surface area (Å²) in [5.74, 6) is 0. The van der Waals surface area contributed by atoms with E-state index < -0.39 is 0 Å². The van der Waals surface area contributed by atoms with Crippen LogP contribution in [-0.2, 0) is 0 Å². The van der Waals surface area contributed by atoms with Gasteiger partial charge in [-0.3, -0.25) is 0 Å². The molecular formula is C60H44N2. The lowest BCUT2D eigenvalue weighted by Gasteiger charge is -2.31. The van der Waals surface area contributed by atoms with Crippen molar-refractivity contribution in [2.24, 2.45) is 0 Å². The quantitative estimate of drug-likeness (QED) is 0.155. The fourth-order valence-corrected chi connectivity index (χ4v) is 10.6. The number of fused-ring (bicyclic) bond motifs is 6. The zero-order valence-corrected chi connectivity index (χ0v) is 35.4. The molecule has 294 valence electrons. The van der Waals surface area contributed by atoms with Gasteiger partial charge in [-0.05, 0) is 152 Å². The molecule has 0 aliphatic rings. The maximum Gasteiger partial charge on any atom is 0.0546 e. The van der Waals surface area contributed by atoms with Crippen molar-refractivity contribution in [3.8, 4) is 0 Å². The third-order valence-corrected chi connectivity index (χ3v) is 13.0. The maximum absolute atomic E-state index is 2.52. The lowest BCUT2D eigenvalue weighted by atomic mass is 9.91. The fraction of sp³-hybridized carbons (Fsp3) is 0.0667. The number of nitrogens with zero attached hydrogens (tertiary/aromatic N) is 2. The zero-order valence-electron chi connectivity index (χ0n) is 35.4. The minimum absolute atomic E-state index is 1.16. The van der Waals surface area contributed by atoms with Gasteiger partial charge < -0.3 is 9.80 Å². The van der Waals surface area contributed by atoms with E-state index in [0.29, 0.717) is 0 Å². The summed E-state index contributed by atoms with van der Waals surface area (Å²) in [6.45, 7) is 8.83. The SMILES string of the molecule is Cc1cc(C)cc(N(c2cc3ccccc3c3ccccc23)c2ccc3ccc4c(N(c5cc(C)cc(C)c5)c5cc6ccccc6c6ccccc56)ccc5ccc2c3c54)c1. The third kappa shape index (κ3) is 5.64. The first-order chi connectivity index (χ1) is 30.4. The van der Waals surface area contributed by atoms with Gasteiger partial charge in [0, 0.05) is 32.9 Å². The van der Waals surface area contributed by atoms with Crippen LogP contribution in [0.2, 0.25) is 0 Å². The largest absolute Gasteiger partial charge is 0.309 e. The smallest absolute Gasteiger partial charge is 0.0546 e. The van der Waals surface area contributed by atoms with Crippen LogP contribution < -0.4 is 9.80 Å². The second-order valence-corrected chi connectivity index (χ2v) is 17.3. The van der Waals surface area contributed by atoms with Gasteiger partial charge in [-0.1, -0.05) is 146 Å². The summed E-state index contributed by atoms with van der Waals surface area (Å²) in [5.41, 5.74) is 11.9. The van der Waals surface area contributed by atoms with Crippen molar-refractivity contribution >= 4 is 110 Å². The van der Waals surface area contributed by atoms with Gasteiger partial charge in [0.05, 0.1) is 22.7 Å². The Labute approximate surface area is 361 Å². The van der Waals surface area contributed by atoms with Crippen molar-refractivity contribution in [2.45, 2.75) is 27.7 Å². The monoisotopic (exact) mass is 792 g/mol. The lowest BCUT2D eigenvalue weighted by molar-refractivity contribution is 1.27. The molecule has 0 saturated carbocycles. The van der Waals surface area contributed by atoms with Gasteiger partial charge in [0.2, 0.25) is 0 Å². The predicted molar refractivity (Wildman–Crippen MR) is 268 cm³/mol. The van der Waals surface area contributed by atoms with E-state index in [9.17, 15) is 0 Å². The highest BCUT2D eigenvalue weighted by molar-refractivity contribution is 6.29. The van der Waals surface area contributed by atoms with Crippen LogP contribution in [-0.4, -0.2) is 0 Å². The molecule has 0 saturated heterocycles. The highest BCUT2D eigenvalue weighted by atomic mass is 15.2. The van der Waals surface area contributed by atoms with Gasteiger partial charge in [-0.25, -0.2) is 0 Å². The Hall–Kier alpha value is -7.68. The molecule has 0 aliphatic carbocycles. The van der Waals surface area contributed by atoms with Gasteiger partial charge in [0.1, 0.15) is 0 Å². The Morgan fingerprint density at radius 1 is 0.242 bits per heavy atom. The summed E-state index contributed by atoms with van der Waals surface area (Å²) in [7, 11) is 0. The molecule has 0 amide bonds. The summed E-state index contributed by atoms with van der Waals surface area (Å²) in [5, 5.41) is 17.4. The van der Waals surface area contributed by atoms with Crippen molar-refractivity contribution in [3.05, 3.63) is 216 Å². The molecule has 0 aromatic heterocycles. The van der Waals surface area contributed by atoms with E-state index in [1.807, 2.05) is 0 Å². The molecule has 0 spiro atoms. The normalized spacial score (nSPS) is 11.9. The molecule has 0 atom stereocenters. The fourth-order valence-electron chi connectivity index (χ4n) is 10.6. The minimum Gasteiger partial charge on any atom is -0.309 e. The highest BCUT2D eigenvalue weighted by Crippen LogP contribution is 2.50. The molecule has 12 rings (SSSR count). The molecule has 12 aromatic carbocycles. The number of hydrogen-bond donors (Lipinski definition) is 0. The number of benzene rings is 12. The molecule has 12 aromatic rings. The van der Waals surface area contributed by atoms with E-state index in [-0.39, 0.29) is 0 Å². The van der Waals surface area contributed by atoms with Crippen LogP contribution in [0.3, 0.4) is 0 Å². The second kappa shape index (κ2) is 13.9. The first-order valence-electron chi connectivity index (χ1n) is 21.7. The van der Waals surface area contributed by atoms with Crippen molar-refractivity contribution in [2.75, 3.05) is 9.80 Å². The molecule has 0 fully saturated rings. The molecule has 62 heavy (non-hydrogen) atoms. The standard InChI is InChI=1S/C60H44N2/c1-37-29-38(2)32-45(31-37)61(57-35-43-13-5-7-15-47(43)49-17-9-11-19-51(49)57)55-27-23-41-22-26-54-56(28-24-42-21-25-53(55)59(41)60(42)54)62(46-33-39(3)30-40(4)34-46)58-36-44-14-6-8-16-48(44)50-18-10-12-20-52(50)58/h5-36H,1-4H3. The van der Waals surface area contributed by atoms with Crippen LogP contribution >= 0.6 is 0 Å². The van der Waals surface area contributed by atoms with Crippen LogP contribution in [0, 0.1) is 27.7 Å². The molecule has 0 N–H and O–H groups in total. The lowest BCUT2D eigenvalue weighted by Crippen LogP contribution is -2.13. The Bertz CT molecular complexity index is 3480. The molecule has 2 nitrogen and oxygen atoms in total. The zero-order chi connectivity index (χ0) is 41.6. The molecular weight excluding hydrogens is 749 g/mol. The van der Waals surface area contributed by atoms with Crippen molar-refractivity contribution < 1.29 is 0 Å². The summed E-state index contributed by atoms with van der Waals surface area (Å²) < 4.78 is 0. The summed E-state index contributed by atoms with van der Waals surface area (Å²) in [6, 6.07) is 72.8. The highest BCUT2D eigenvalue weighted by Gasteiger charge is 2.25. The van der Waals surface area contributed by atoms with Crippen LogP contribution in [0.15, 0.2) is 194 Å². The first kappa shape index (κ1) is 36.2. The van der Waals surface area contributed by atoms with Gasteiger partial charge in [0.25, 0.3) is 0 Å². The average molecular weight is 793 g/mol. The Kier molecular flexibility index (Phi) is 8.14. The van der Waals surface area contributed by atoms with Crippen LogP contribution in [0.5, 0.6) is 0 Å². The first-order valence-corrected chi connectivity index (χ1v) is 21.7. The number of rotatable bonds is 6. The van der Waals surface area contributed by atoms with E-state index >= 15 is 0 Å². The summed E-state index contributed by atoms with van der Waals surface area (Å²) >= 11 is 0. The molecule has 0 radical (unpaired) electrons. The number of aryl methyl sites for hydroxylation is 4. The Morgan fingerprint density at radius 3 is 0.984 bits per heavy atom. The average Bonchev–Trinajstić information content (AvgIpc) is 3.28. The molecule has 0 aliphatic heterocycles. The topological polar surface area (TPSA) is 6.48 Å². The van der Waals surface area contributed by atoms with E-state index in [0.717, 1.165) is 22.7 Å². The predicted octanol–water partition coefficient (Wildman–Crippen LogP) is 17.4. The summed E-state index contributed by atoms with van der Waals surface area (Å²) in [4.78, 5) is 5.04. The van der Waals surface area contributed by atoms with Crippen molar-refractivity contribution in [3.63, 3.8) is 0 Å². The van der Waals surface area contributed by atoms with Crippen molar-refractivity contribution in [1.29, 1.82) is 0 Å². The third-order valence-electron chi connectivity index (χ3n) is 13.0. The van der Waals surface area contributed by atoms with Crippen LogP contribution in [0.25, 0.3) is 75.4 Å². The van der Waals surface area contributed by atoms with Crippen LogP contribution in [0.4, 0.5) is 34.1 Å². The van der Waals surface area contributed by atoms with Gasteiger partial charge in [-0.15, -0.1) is 0 Å². The molecule has 0 unspecified atom stereocenters. The molecule has 2 heteroatoms. The Balaban J connectivity index is 1.17. The number of anilines is 6. The molecule has 0 heterocycles.